The Hall–Kier alpha value is -0.560. The molecule has 0 fully saturated rings. The average molecular weight is 289 g/mol. The van der Waals surface area contributed by atoms with Crippen molar-refractivity contribution < 1.29 is 21.6 Å². The molecule has 1 rings (SSSR count). The maximum Gasteiger partial charge on any atom is 0.416 e. The molecular weight excluding hydrogens is 285 g/mol. The van der Waals surface area contributed by atoms with Crippen LogP contribution in [0.4, 0.5) is 13.2 Å². The third-order valence-corrected chi connectivity index (χ3v) is 3.42. The van der Waals surface area contributed by atoms with Gasteiger partial charge in [-0.1, -0.05) is 0 Å². The van der Waals surface area contributed by atoms with E-state index >= 15 is 0 Å². The van der Waals surface area contributed by atoms with Crippen LogP contribution in [0.1, 0.15) is 5.56 Å². The van der Waals surface area contributed by atoms with E-state index in [-0.39, 0.29) is 4.90 Å². The van der Waals surface area contributed by atoms with Crippen LogP contribution >= 0.6 is 14.8 Å². The van der Waals surface area contributed by atoms with Crippen molar-refractivity contribution in [2.75, 3.05) is 0 Å². The van der Waals surface area contributed by atoms with Crippen LogP contribution in [-0.4, -0.2) is 8.42 Å². The maximum absolute atomic E-state index is 12.1. The molecule has 0 N–H and O–H groups in total. The molecule has 14 heavy (non-hydrogen) atoms. The third kappa shape index (κ3) is 2.71. The zero-order valence-electron chi connectivity index (χ0n) is 6.55. The summed E-state index contributed by atoms with van der Waals surface area (Å²) < 4.78 is 57.8. The van der Waals surface area contributed by atoms with E-state index < -0.39 is 20.0 Å². The topological polar surface area (TPSA) is 34.1 Å². The number of rotatable bonds is 1. The van der Waals surface area contributed by atoms with Crippen molar-refractivity contribution in [2.45, 2.75) is 11.1 Å². The lowest BCUT2D eigenvalue weighted by Gasteiger charge is -2.05. The van der Waals surface area contributed by atoms with Crippen LogP contribution in [0.2, 0.25) is 0 Å². The van der Waals surface area contributed by atoms with Crippen LogP contribution in [0, 0.1) is 0 Å². The Morgan fingerprint density at radius 3 is 1.79 bits per heavy atom. The van der Waals surface area contributed by atoms with Gasteiger partial charge in [0.1, 0.15) is 0 Å². The molecule has 2 nitrogen and oxygen atoms in total. The molecule has 0 unspecified atom stereocenters. The smallest absolute Gasteiger partial charge is 0.212 e. The van der Waals surface area contributed by atoms with Crippen molar-refractivity contribution in [3.8, 4) is 0 Å². The Morgan fingerprint density at radius 1 is 1.07 bits per heavy atom. The summed E-state index contributed by atoms with van der Waals surface area (Å²) in [6.07, 6.45) is -4.45. The third-order valence-electron chi connectivity index (χ3n) is 1.46. The van der Waals surface area contributed by atoms with Gasteiger partial charge in [-0.2, -0.15) is 13.2 Å². The lowest BCUT2D eigenvalue weighted by Crippen LogP contribution is -2.04. The van der Waals surface area contributed by atoms with Gasteiger partial charge in [-0.3, -0.25) is 0 Å². The van der Waals surface area contributed by atoms with Crippen molar-refractivity contribution in [3.05, 3.63) is 29.8 Å². The minimum atomic E-state index is -4.45. The normalized spacial score (nSPS) is 12.9. The first-order chi connectivity index (χ1) is 6.21. The predicted octanol–water partition coefficient (Wildman–Crippen LogP) is 2.79. The molecule has 7 heteroatoms. The van der Waals surface area contributed by atoms with Gasteiger partial charge in [0.05, 0.1) is 25.3 Å². The van der Waals surface area contributed by atoms with E-state index in [4.69, 9.17) is 0 Å². The van der Waals surface area contributed by atoms with Crippen molar-refractivity contribution in [2.24, 2.45) is 0 Å². The number of hydrogen-bond donors (Lipinski definition) is 0. The zero-order valence-corrected chi connectivity index (χ0v) is 8.95. The van der Waals surface area contributed by atoms with Gasteiger partial charge < -0.3 is 0 Å². The van der Waals surface area contributed by atoms with E-state index in [1.165, 1.54) is 0 Å². The van der Waals surface area contributed by atoms with Gasteiger partial charge in [-0.05, 0) is 24.3 Å². The molecule has 0 bridgehead atoms. The number of halogens is 4. The number of hydrogen-bond acceptors (Lipinski definition) is 2. The van der Waals surface area contributed by atoms with E-state index in [1.807, 2.05) is 0 Å². The monoisotopic (exact) mass is 288 g/mol. The maximum atomic E-state index is 12.1. The zero-order chi connectivity index (χ0) is 11.0. The largest absolute Gasteiger partial charge is 0.416 e. The summed E-state index contributed by atoms with van der Waals surface area (Å²) in [5.74, 6) is 0. The Bertz CT molecular complexity index is 421. The minimum absolute atomic E-state index is 0.203. The first-order valence-corrected chi connectivity index (χ1v) is 6.66. The molecule has 0 radical (unpaired) electrons. The lowest BCUT2D eigenvalue weighted by molar-refractivity contribution is -0.137. The van der Waals surface area contributed by atoms with Crippen molar-refractivity contribution in [1.82, 2.24) is 0 Å². The van der Waals surface area contributed by atoms with Crippen LogP contribution in [0.15, 0.2) is 29.2 Å². The van der Waals surface area contributed by atoms with Crippen molar-refractivity contribution in [3.63, 3.8) is 0 Å². The summed E-state index contributed by atoms with van der Waals surface area (Å²) in [5.41, 5.74) is -0.877. The SMILES string of the molecule is O=S(=O)(Br)c1ccc(C(F)(F)F)cc1. The highest BCUT2D eigenvalue weighted by Crippen LogP contribution is 2.30. The van der Waals surface area contributed by atoms with Gasteiger partial charge in [-0.25, -0.2) is 8.42 Å². The van der Waals surface area contributed by atoms with Crippen LogP contribution in [0.25, 0.3) is 0 Å². The highest BCUT2D eigenvalue weighted by Gasteiger charge is 2.30. The molecule has 0 aliphatic heterocycles. The van der Waals surface area contributed by atoms with E-state index in [0.717, 1.165) is 12.1 Å². The Labute approximate surface area is 85.9 Å². The van der Waals surface area contributed by atoms with Crippen molar-refractivity contribution >= 4 is 23.1 Å². The van der Waals surface area contributed by atoms with Gasteiger partial charge in [0, 0.05) is 0 Å². The molecule has 0 saturated heterocycles. The van der Waals surface area contributed by atoms with Gasteiger partial charge in [-0.15, -0.1) is 0 Å². The Kier molecular flexibility index (Phi) is 2.91. The van der Waals surface area contributed by atoms with E-state index in [9.17, 15) is 21.6 Å². The van der Waals surface area contributed by atoms with Crippen LogP contribution in [-0.2, 0) is 14.4 Å². The quantitative estimate of drug-likeness (QED) is 0.745. The molecule has 0 spiro atoms. The van der Waals surface area contributed by atoms with E-state index in [2.05, 4.69) is 14.8 Å². The molecule has 0 amide bonds. The summed E-state index contributed by atoms with van der Waals surface area (Å²) in [7, 11) is -3.62. The number of benzene rings is 1. The summed E-state index contributed by atoms with van der Waals surface area (Å²) >= 11 is 2.35. The molecule has 0 atom stereocenters. The molecule has 1 aromatic rings. The van der Waals surface area contributed by atoms with E-state index in [1.54, 1.807) is 0 Å². The van der Waals surface area contributed by atoms with Crippen molar-refractivity contribution in [1.29, 1.82) is 0 Å². The standard InChI is InChI=1S/C7H4BrF3O2S/c8-14(12,13)6-3-1-5(2-4-6)7(9,10)11/h1-4H. The summed E-state index contributed by atoms with van der Waals surface area (Å²) in [6, 6.07) is 3.22. The van der Waals surface area contributed by atoms with Crippen LogP contribution < -0.4 is 0 Å². The van der Waals surface area contributed by atoms with Gasteiger partial charge >= 0.3 is 6.18 Å². The molecular formula is C7H4BrF3O2S. The first kappa shape index (κ1) is 11.5. The van der Waals surface area contributed by atoms with Crippen LogP contribution in [0.5, 0.6) is 0 Å². The number of alkyl halides is 3. The first-order valence-electron chi connectivity index (χ1n) is 3.33. The Balaban J connectivity index is 3.14. The second kappa shape index (κ2) is 3.54. The minimum Gasteiger partial charge on any atom is -0.212 e. The average Bonchev–Trinajstić information content (AvgIpc) is 2.01. The molecule has 0 aliphatic rings. The molecule has 1 aromatic carbocycles. The Morgan fingerprint density at radius 2 is 1.50 bits per heavy atom. The fourth-order valence-electron chi connectivity index (χ4n) is 0.806. The molecule has 0 saturated carbocycles. The summed E-state index contributed by atoms with van der Waals surface area (Å²) in [5, 5.41) is 0. The second-order valence-electron chi connectivity index (χ2n) is 2.46. The summed E-state index contributed by atoms with van der Waals surface area (Å²) in [6.45, 7) is 0. The highest BCUT2D eigenvalue weighted by atomic mass is 79.9. The molecule has 0 aromatic heterocycles. The molecule has 78 valence electrons. The lowest BCUT2D eigenvalue weighted by atomic mass is 10.2. The van der Waals surface area contributed by atoms with Crippen LogP contribution in [0.3, 0.4) is 0 Å². The molecule has 0 aliphatic carbocycles. The molecule has 0 heterocycles. The fraction of sp³-hybridized carbons (Fsp3) is 0.143. The fourth-order valence-corrected chi connectivity index (χ4v) is 1.92. The second-order valence-corrected chi connectivity index (χ2v) is 6.36. The van der Waals surface area contributed by atoms with Gasteiger partial charge in [0.2, 0.25) is 8.27 Å². The van der Waals surface area contributed by atoms with Gasteiger partial charge in [0.25, 0.3) is 0 Å². The summed E-state index contributed by atoms with van der Waals surface area (Å²) in [4.78, 5) is -0.203. The van der Waals surface area contributed by atoms with E-state index in [0.29, 0.717) is 12.1 Å². The van der Waals surface area contributed by atoms with Gasteiger partial charge in [0.15, 0.2) is 0 Å². The predicted molar refractivity (Wildman–Crippen MR) is 47.6 cm³/mol. The highest BCUT2D eigenvalue weighted by molar-refractivity contribution is 9.47.